The Bertz CT molecular complexity index is 447. The molecule has 0 spiro atoms. The predicted molar refractivity (Wildman–Crippen MR) is 51.1 cm³/mol. The first-order valence-electron chi connectivity index (χ1n) is 4.29. The number of oxazole rings is 1. The summed E-state index contributed by atoms with van der Waals surface area (Å²) < 4.78 is 9.85. The number of anilines is 1. The molecule has 0 aromatic carbocycles. The number of carbonyl (C=O) groups is 1. The smallest absolute Gasteiger partial charge is 0.301 e. The molecule has 2 aromatic rings. The molecular weight excluding hydrogens is 198 g/mol. The van der Waals surface area contributed by atoms with Crippen molar-refractivity contribution in [1.82, 2.24) is 4.98 Å². The van der Waals surface area contributed by atoms with E-state index in [9.17, 15) is 4.79 Å². The highest BCUT2D eigenvalue weighted by atomic mass is 16.4. The number of amides is 1. The molecule has 0 unspecified atom stereocenters. The minimum atomic E-state index is -0.412. The molecule has 0 aliphatic heterocycles. The van der Waals surface area contributed by atoms with Crippen LogP contribution in [0.4, 0.5) is 6.01 Å². The zero-order chi connectivity index (χ0) is 10.7. The van der Waals surface area contributed by atoms with E-state index in [0.717, 1.165) is 0 Å². The third kappa shape index (κ3) is 2.05. The average molecular weight is 207 g/mol. The maximum Gasteiger partial charge on any atom is 0.301 e. The van der Waals surface area contributed by atoms with Gasteiger partial charge >= 0.3 is 6.01 Å². The van der Waals surface area contributed by atoms with Crippen LogP contribution < -0.4 is 11.1 Å². The molecule has 0 radical (unpaired) electrons. The summed E-state index contributed by atoms with van der Waals surface area (Å²) in [6, 6.07) is 3.27. The van der Waals surface area contributed by atoms with Crippen LogP contribution in [0, 0.1) is 0 Å². The third-order valence-corrected chi connectivity index (χ3v) is 1.73. The van der Waals surface area contributed by atoms with Crippen molar-refractivity contribution in [2.75, 3.05) is 5.32 Å². The molecule has 0 aliphatic rings. The van der Waals surface area contributed by atoms with Gasteiger partial charge in [-0.3, -0.25) is 10.1 Å². The molecule has 2 rings (SSSR count). The van der Waals surface area contributed by atoms with Crippen LogP contribution in [0.2, 0.25) is 0 Å². The number of aromatic nitrogens is 1. The number of hydrogen-bond donors (Lipinski definition) is 2. The van der Waals surface area contributed by atoms with E-state index in [1.165, 1.54) is 12.5 Å². The molecule has 0 fully saturated rings. The number of carbonyl (C=O) groups excluding carboxylic acids is 1. The van der Waals surface area contributed by atoms with Gasteiger partial charge in [0.15, 0.2) is 5.76 Å². The largest absolute Gasteiger partial charge is 0.459 e. The molecule has 78 valence electrons. The number of nitrogens with two attached hydrogens (primary N) is 1. The molecule has 6 heteroatoms. The van der Waals surface area contributed by atoms with Gasteiger partial charge in [0.05, 0.1) is 12.0 Å². The summed E-state index contributed by atoms with van der Waals surface area (Å²) in [6.07, 6.45) is 2.80. The van der Waals surface area contributed by atoms with Crippen LogP contribution in [0.5, 0.6) is 0 Å². The van der Waals surface area contributed by atoms with Crippen molar-refractivity contribution in [3.8, 4) is 0 Å². The fourth-order valence-corrected chi connectivity index (χ4v) is 1.02. The Morgan fingerprint density at radius 3 is 3.00 bits per heavy atom. The lowest BCUT2D eigenvalue weighted by atomic mass is 10.4. The molecule has 0 saturated heterocycles. The Balaban J connectivity index is 2.06. The fraction of sp³-hybridized carbons (Fsp3) is 0.111. The lowest BCUT2D eigenvalue weighted by Gasteiger charge is -1.95. The van der Waals surface area contributed by atoms with Gasteiger partial charge in [0.25, 0.3) is 5.91 Å². The number of nitrogens with one attached hydrogen (secondary N) is 1. The Morgan fingerprint density at radius 2 is 2.40 bits per heavy atom. The summed E-state index contributed by atoms with van der Waals surface area (Å²) in [5.74, 6) is -0.215. The lowest BCUT2D eigenvalue weighted by molar-refractivity contribution is 0.0994. The monoisotopic (exact) mass is 207 g/mol. The van der Waals surface area contributed by atoms with Gasteiger partial charge in [-0.25, -0.2) is 0 Å². The van der Waals surface area contributed by atoms with Crippen LogP contribution in [0.15, 0.2) is 33.5 Å². The Hall–Kier alpha value is -2.08. The topological polar surface area (TPSA) is 94.3 Å². The van der Waals surface area contributed by atoms with Gasteiger partial charge in [0.2, 0.25) is 0 Å². The highest BCUT2D eigenvalue weighted by molar-refractivity contribution is 6.00. The molecule has 2 aromatic heterocycles. The van der Waals surface area contributed by atoms with Crippen LogP contribution in [-0.2, 0) is 6.54 Å². The van der Waals surface area contributed by atoms with Gasteiger partial charge in [0.1, 0.15) is 6.26 Å². The molecule has 0 aliphatic carbocycles. The summed E-state index contributed by atoms with van der Waals surface area (Å²) in [5.41, 5.74) is 5.91. The SMILES string of the molecule is NCc1coc(NC(=O)c2ccco2)n1. The first kappa shape index (κ1) is 9.47. The van der Waals surface area contributed by atoms with E-state index >= 15 is 0 Å². The van der Waals surface area contributed by atoms with Crippen molar-refractivity contribution in [2.24, 2.45) is 5.73 Å². The quantitative estimate of drug-likeness (QED) is 0.782. The summed E-state index contributed by atoms with van der Waals surface area (Å²) in [4.78, 5) is 15.3. The van der Waals surface area contributed by atoms with Gasteiger partial charge in [-0.05, 0) is 12.1 Å². The Kier molecular flexibility index (Phi) is 2.51. The Labute approximate surface area is 85.1 Å². The molecule has 0 bridgehead atoms. The second-order valence-electron chi connectivity index (χ2n) is 2.78. The summed E-state index contributed by atoms with van der Waals surface area (Å²) in [7, 11) is 0. The van der Waals surface area contributed by atoms with Crippen LogP contribution in [0.1, 0.15) is 16.2 Å². The zero-order valence-corrected chi connectivity index (χ0v) is 7.77. The van der Waals surface area contributed by atoms with Crippen LogP contribution in [-0.4, -0.2) is 10.9 Å². The van der Waals surface area contributed by atoms with E-state index in [0.29, 0.717) is 5.69 Å². The summed E-state index contributed by atoms with van der Waals surface area (Å²) >= 11 is 0. The van der Waals surface area contributed by atoms with Crippen molar-refractivity contribution < 1.29 is 13.6 Å². The van der Waals surface area contributed by atoms with Crippen molar-refractivity contribution in [1.29, 1.82) is 0 Å². The van der Waals surface area contributed by atoms with Gasteiger partial charge in [-0.15, -0.1) is 0 Å². The molecule has 0 atom stereocenters. The second kappa shape index (κ2) is 3.97. The number of rotatable bonds is 3. The summed E-state index contributed by atoms with van der Waals surface area (Å²) in [5, 5.41) is 2.43. The second-order valence-corrected chi connectivity index (χ2v) is 2.78. The van der Waals surface area contributed by atoms with Gasteiger partial charge in [0, 0.05) is 6.54 Å². The fourth-order valence-electron chi connectivity index (χ4n) is 1.02. The van der Waals surface area contributed by atoms with Crippen molar-refractivity contribution in [2.45, 2.75) is 6.54 Å². The molecule has 15 heavy (non-hydrogen) atoms. The maximum absolute atomic E-state index is 11.4. The van der Waals surface area contributed by atoms with Crippen LogP contribution >= 0.6 is 0 Å². The number of furan rings is 1. The minimum absolute atomic E-state index is 0.108. The number of hydrogen-bond acceptors (Lipinski definition) is 5. The highest BCUT2D eigenvalue weighted by Crippen LogP contribution is 2.09. The molecule has 6 nitrogen and oxygen atoms in total. The molecule has 0 saturated carbocycles. The average Bonchev–Trinajstić information content (AvgIpc) is 2.87. The van der Waals surface area contributed by atoms with Crippen LogP contribution in [0.25, 0.3) is 0 Å². The minimum Gasteiger partial charge on any atom is -0.459 e. The molecule has 1 amide bonds. The van der Waals surface area contributed by atoms with Crippen molar-refractivity contribution in [3.63, 3.8) is 0 Å². The highest BCUT2D eigenvalue weighted by Gasteiger charge is 2.11. The first-order valence-corrected chi connectivity index (χ1v) is 4.29. The predicted octanol–water partition coefficient (Wildman–Crippen LogP) is 0.979. The molecular formula is C9H9N3O3. The molecule has 3 N–H and O–H groups in total. The van der Waals surface area contributed by atoms with Crippen molar-refractivity contribution >= 4 is 11.9 Å². The van der Waals surface area contributed by atoms with E-state index in [4.69, 9.17) is 14.6 Å². The van der Waals surface area contributed by atoms with E-state index in [1.807, 2.05) is 0 Å². The standard InChI is InChI=1S/C9H9N3O3/c10-4-6-5-15-9(11-6)12-8(13)7-2-1-3-14-7/h1-3,5H,4,10H2,(H,11,12,13). The Morgan fingerprint density at radius 1 is 1.53 bits per heavy atom. The lowest BCUT2D eigenvalue weighted by Crippen LogP contribution is -2.11. The normalized spacial score (nSPS) is 10.2. The first-order chi connectivity index (χ1) is 7.29. The van der Waals surface area contributed by atoms with E-state index in [2.05, 4.69) is 10.3 Å². The molecule has 2 heterocycles. The number of nitrogens with zero attached hydrogens (tertiary/aromatic N) is 1. The third-order valence-electron chi connectivity index (χ3n) is 1.73. The van der Waals surface area contributed by atoms with Crippen LogP contribution in [0.3, 0.4) is 0 Å². The maximum atomic E-state index is 11.4. The van der Waals surface area contributed by atoms with Gasteiger partial charge in [-0.2, -0.15) is 4.98 Å². The van der Waals surface area contributed by atoms with Crippen molar-refractivity contribution in [3.05, 3.63) is 36.1 Å². The van der Waals surface area contributed by atoms with E-state index < -0.39 is 5.91 Å². The zero-order valence-electron chi connectivity index (χ0n) is 7.77. The summed E-state index contributed by atoms with van der Waals surface area (Å²) in [6.45, 7) is 0.264. The van der Waals surface area contributed by atoms with Gasteiger partial charge < -0.3 is 14.6 Å². The van der Waals surface area contributed by atoms with Gasteiger partial charge in [-0.1, -0.05) is 0 Å². The van der Waals surface area contributed by atoms with E-state index in [-0.39, 0.29) is 18.3 Å². The van der Waals surface area contributed by atoms with E-state index in [1.54, 1.807) is 12.1 Å².